The van der Waals surface area contributed by atoms with Crippen molar-refractivity contribution in [3.05, 3.63) is 113 Å². The van der Waals surface area contributed by atoms with E-state index in [0.717, 1.165) is 29.7 Å². The maximum atomic E-state index is 13.7. The molecule has 8 nitrogen and oxygen atoms in total. The van der Waals surface area contributed by atoms with Gasteiger partial charge in [-0.25, -0.2) is 9.48 Å². The second kappa shape index (κ2) is 12.6. The molecule has 4 N–H and O–H groups in total. The van der Waals surface area contributed by atoms with Gasteiger partial charge in [0.2, 0.25) is 0 Å². The summed E-state index contributed by atoms with van der Waals surface area (Å²) in [5.74, 6) is -0.520. The SMILES string of the molecule is O=C(O)NCc1cccc(-n2nc(C(F)(F)F)cc2C(=O)Nc2cccc(C(NCC3CC3)c3cccc(C(F)(F)F)c3)c2)c1. The molecule has 1 aliphatic carbocycles. The first kappa shape index (κ1) is 31.6. The van der Waals surface area contributed by atoms with Crippen LogP contribution in [0, 0.1) is 5.92 Å². The van der Waals surface area contributed by atoms with Crippen LogP contribution < -0.4 is 16.0 Å². The van der Waals surface area contributed by atoms with Crippen molar-refractivity contribution in [2.75, 3.05) is 11.9 Å². The van der Waals surface area contributed by atoms with Crippen molar-refractivity contribution in [3.63, 3.8) is 0 Å². The number of anilines is 1. The molecule has 1 aromatic heterocycles. The van der Waals surface area contributed by atoms with Crippen molar-refractivity contribution in [2.24, 2.45) is 5.92 Å². The molecule has 5 rings (SSSR count). The summed E-state index contributed by atoms with van der Waals surface area (Å²) in [6.45, 7) is 0.435. The van der Waals surface area contributed by atoms with Gasteiger partial charge < -0.3 is 21.1 Å². The molecule has 1 fully saturated rings. The van der Waals surface area contributed by atoms with Gasteiger partial charge in [-0.05, 0) is 78.4 Å². The number of hydrogen-bond acceptors (Lipinski definition) is 4. The summed E-state index contributed by atoms with van der Waals surface area (Å²) < 4.78 is 82.2. The van der Waals surface area contributed by atoms with Crippen molar-refractivity contribution >= 4 is 17.7 Å². The van der Waals surface area contributed by atoms with Gasteiger partial charge in [0.25, 0.3) is 5.91 Å². The van der Waals surface area contributed by atoms with Gasteiger partial charge in [0, 0.05) is 18.3 Å². The van der Waals surface area contributed by atoms with Crippen LogP contribution in [0.1, 0.15) is 57.3 Å². The van der Waals surface area contributed by atoms with Gasteiger partial charge in [-0.3, -0.25) is 4.79 Å². The minimum absolute atomic E-state index is 0.0861. The fraction of sp³-hybridized carbons (Fsp3) is 0.258. The molecular weight excluding hydrogens is 604 g/mol. The normalized spacial score (nSPS) is 14.2. The number of benzene rings is 3. The van der Waals surface area contributed by atoms with Gasteiger partial charge in [-0.15, -0.1) is 0 Å². The van der Waals surface area contributed by atoms with Crippen LogP contribution in [-0.2, 0) is 18.9 Å². The molecule has 45 heavy (non-hydrogen) atoms. The molecule has 0 spiro atoms. The van der Waals surface area contributed by atoms with Crippen molar-refractivity contribution in [3.8, 4) is 5.69 Å². The number of nitrogens with one attached hydrogen (secondary N) is 3. The molecule has 0 saturated heterocycles. The Morgan fingerprint density at radius 1 is 0.889 bits per heavy atom. The summed E-state index contributed by atoms with van der Waals surface area (Å²) in [6, 6.07) is 17.1. The van der Waals surface area contributed by atoms with E-state index in [-0.39, 0.29) is 17.9 Å². The highest BCUT2D eigenvalue weighted by atomic mass is 19.4. The fourth-order valence-corrected chi connectivity index (χ4v) is 4.77. The Balaban J connectivity index is 1.45. The minimum Gasteiger partial charge on any atom is -0.465 e. The Morgan fingerprint density at radius 3 is 2.24 bits per heavy atom. The number of amides is 2. The topological polar surface area (TPSA) is 108 Å². The molecule has 1 heterocycles. The lowest BCUT2D eigenvalue weighted by Gasteiger charge is -2.22. The van der Waals surface area contributed by atoms with Crippen LogP contribution in [0.25, 0.3) is 5.69 Å². The van der Waals surface area contributed by atoms with Gasteiger partial charge in [0.1, 0.15) is 5.69 Å². The molecular formula is C31H27F6N5O3. The van der Waals surface area contributed by atoms with E-state index in [2.05, 4.69) is 21.0 Å². The summed E-state index contributed by atoms with van der Waals surface area (Å²) in [5, 5.41) is 20.5. The van der Waals surface area contributed by atoms with Crippen molar-refractivity contribution < 1.29 is 41.0 Å². The molecule has 2 amide bonds. The number of halogens is 6. The van der Waals surface area contributed by atoms with E-state index >= 15 is 0 Å². The van der Waals surface area contributed by atoms with Crippen LogP contribution >= 0.6 is 0 Å². The first-order valence-corrected chi connectivity index (χ1v) is 13.8. The molecule has 236 valence electrons. The highest BCUT2D eigenvalue weighted by Gasteiger charge is 2.36. The molecule has 14 heteroatoms. The second-order valence-corrected chi connectivity index (χ2v) is 10.6. The average molecular weight is 632 g/mol. The maximum absolute atomic E-state index is 13.7. The van der Waals surface area contributed by atoms with Crippen molar-refractivity contribution in [1.82, 2.24) is 20.4 Å². The largest absolute Gasteiger partial charge is 0.465 e. The predicted molar refractivity (Wildman–Crippen MR) is 152 cm³/mol. The van der Waals surface area contributed by atoms with Crippen LogP contribution in [0.2, 0.25) is 0 Å². The van der Waals surface area contributed by atoms with Crippen molar-refractivity contribution in [2.45, 2.75) is 37.8 Å². The van der Waals surface area contributed by atoms with Crippen LogP contribution in [0.4, 0.5) is 36.8 Å². The highest BCUT2D eigenvalue weighted by Crippen LogP contribution is 2.35. The van der Waals surface area contributed by atoms with Crippen LogP contribution in [0.3, 0.4) is 0 Å². The summed E-state index contributed by atoms with van der Waals surface area (Å²) in [6.07, 6.45) is -8.69. The van der Waals surface area contributed by atoms with Crippen LogP contribution in [0.15, 0.2) is 78.9 Å². The van der Waals surface area contributed by atoms with E-state index in [1.165, 1.54) is 30.3 Å². The third-order valence-corrected chi connectivity index (χ3v) is 7.16. The van der Waals surface area contributed by atoms with Gasteiger partial charge in [-0.2, -0.15) is 31.4 Å². The first-order valence-electron chi connectivity index (χ1n) is 13.8. The third-order valence-electron chi connectivity index (χ3n) is 7.16. The number of aromatic nitrogens is 2. The number of carboxylic acid groups (broad SMARTS) is 1. The first-order chi connectivity index (χ1) is 21.3. The summed E-state index contributed by atoms with van der Waals surface area (Å²) >= 11 is 0. The Labute approximate surface area is 253 Å². The standard InChI is InChI=1S/C31H27F6N5O3/c32-30(33,34)22-7-2-5-20(13-22)27(38-16-18-10-11-18)21-6-3-8-23(14-21)40-28(43)25-15-26(31(35,36)37)41-42(25)24-9-1-4-19(12-24)17-39-29(44)45/h1-9,12-15,18,27,38-39H,10-11,16-17H2,(H,40,43)(H,44,45). The van der Waals surface area contributed by atoms with Gasteiger partial charge in [0.05, 0.1) is 17.3 Å². The fourth-order valence-electron chi connectivity index (χ4n) is 4.77. The number of carbonyl (C=O) groups excluding carboxylic acids is 1. The average Bonchev–Trinajstić information content (AvgIpc) is 3.69. The predicted octanol–water partition coefficient (Wildman–Crippen LogP) is 7.02. The lowest BCUT2D eigenvalue weighted by Crippen LogP contribution is -2.25. The molecule has 1 aliphatic rings. The lowest BCUT2D eigenvalue weighted by molar-refractivity contribution is -0.141. The Bertz CT molecular complexity index is 1700. The quantitative estimate of drug-likeness (QED) is 0.141. The number of nitrogens with zero attached hydrogens (tertiary/aromatic N) is 2. The zero-order valence-corrected chi connectivity index (χ0v) is 23.4. The van der Waals surface area contributed by atoms with E-state index in [1.54, 1.807) is 30.3 Å². The zero-order valence-electron chi connectivity index (χ0n) is 23.4. The monoisotopic (exact) mass is 631 g/mol. The lowest BCUT2D eigenvalue weighted by atomic mass is 9.96. The number of rotatable bonds is 10. The van der Waals surface area contributed by atoms with E-state index < -0.39 is 47.3 Å². The Hall–Kier alpha value is -4.85. The van der Waals surface area contributed by atoms with Gasteiger partial charge in [-0.1, -0.05) is 36.4 Å². The van der Waals surface area contributed by atoms with Crippen LogP contribution in [0.5, 0.6) is 0 Å². The molecule has 1 atom stereocenters. The maximum Gasteiger partial charge on any atom is 0.435 e. The Morgan fingerprint density at radius 2 is 1.58 bits per heavy atom. The minimum atomic E-state index is -4.87. The van der Waals surface area contributed by atoms with Gasteiger partial charge >= 0.3 is 18.4 Å². The number of carbonyl (C=O) groups is 2. The van der Waals surface area contributed by atoms with Crippen LogP contribution in [-0.4, -0.2) is 33.4 Å². The van der Waals surface area contributed by atoms with Gasteiger partial charge in [0.15, 0.2) is 5.69 Å². The number of hydrogen-bond donors (Lipinski definition) is 4. The molecule has 3 aromatic carbocycles. The highest BCUT2D eigenvalue weighted by molar-refractivity contribution is 6.03. The van der Waals surface area contributed by atoms with Crippen molar-refractivity contribution in [1.29, 1.82) is 0 Å². The molecule has 0 radical (unpaired) electrons. The zero-order chi connectivity index (χ0) is 32.4. The molecule has 1 saturated carbocycles. The molecule has 4 aromatic rings. The van der Waals surface area contributed by atoms with E-state index in [0.29, 0.717) is 35.2 Å². The molecule has 0 aliphatic heterocycles. The number of alkyl halides is 6. The smallest absolute Gasteiger partial charge is 0.435 e. The van der Waals surface area contributed by atoms with E-state index in [4.69, 9.17) is 5.11 Å². The van der Waals surface area contributed by atoms with E-state index in [1.807, 2.05) is 0 Å². The summed E-state index contributed by atoms with van der Waals surface area (Å²) in [4.78, 5) is 24.3. The summed E-state index contributed by atoms with van der Waals surface area (Å²) in [5.41, 5.74) is -0.973. The Kier molecular flexibility index (Phi) is 8.87. The third kappa shape index (κ3) is 8.01. The molecule has 0 bridgehead atoms. The van der Waals surface area contributed by atoms with E-state index in [9.17, 15) is 35.9 Å². The molecule has 1 unspecified atom stereocenters. The second-order valence-electron chi connectivity index (χ2n) is 10.6. The summed E-state index contributed by atoms with van der Waals surface area (Å²) in [7, 11) is 0.